The lowest BCUT2D eigenvalue weighted by molar-refractivity contribution is 0.104. The predicted octanol–water partition coefficient (Wildman–Crippen LogP) is 4.09. The molecule has 2 heterocycles. The molecule has 0 aliphatic heterocycles. The first-order valence-corrected chi connectivity index (χ1v) is 11.5. The van der Waals surface area contributed by atoms with Crippen LogP contribution in [-0.4, -0.2) is 21.3 Å². The van der Waals surface area contributed by atoms with Gasteiger partial charge in [0.25, 0.3) is 0 Å². The predicted molar refractivity (Wildman–Crippen MR) is 108 cm³/mol. The van der Waals surface area contributed by atoms with Crippen molar-refractivity contribution in [2.75, 3.05) is 7.11 Å². The summed E-state index contributed by atoms with van der Waals surface area (Å²) in [7, 11) is -2.29. The van der Waals surface area contributed by atoms with E-state index in [1.807, 2.05) is 18.4 Å². The zero-order chi connectivity index (χ0) is 19.4. The van der Waals surface area contributed by atoms with E-state index >= 15 is 0 Å². The van der Waals surface area contributed by atoms with Crippen molar-refractivity contribution in [1.82, 2.24) is 4.72 Å². The molecule has 3 aromatic rings. The first-order valence-electron chi connectivity index (χ1n) is 8.26. The van der Waals surface area contributed by atoms with Crippen molar-refractivity contribution in [3.05, 3.63) is 68.0 Å². The molecule has 0 aliphatic carbocycles. The summed E-state index contributed by atoms with van der Waals surface area (Å²) in [6.07, 6.45) is 0.728. The van der Waals surface area contributed by atoms with Gasteiger partial charge in [0.05, 0.1) is 12.0 Å². The lowest BCUT2D eigenvalue weighted by atomic mass is 10.2. The van der Waals surface area contributed by atoms with Crippen molar-refractivity contribution in [1.29, 1.82) is 0 Å². The highest BCUT2D eigenvalue weighted by Crippen LogP contribution is 2.26. The minimum atomic E-state index is -3.74. The normalized spacial score (nSPS) is 11.5. The maximum absolute atomic E-state index is 12.7. The monoisotopic (exact) mass is 421 g/mol. The maximum atomic E-state index is 12.7. The molecule has 1 N–H and O–H groups in total. The molecule has 0 bridgehead atoms. The molecule has 27 heavy (non-hydrogen) atoms. The van der Waals surface area contributed by atoms with Gasteiger partial charge in [0.2, 0.25) is 15.8 Å². The zero-order valence-electron chi connectivity index (χ0n) is 14.9. The van der Waals surface area contributed by atoms with Crippen molar-refractivity contribution in [3.8, 4) is 5.75 Å². The van der Waals surface area contributed by atoms with Crippen LogP contribution in [0.2, 0.25) is 0 Å². The second-order valence-corrected chi connectivity index (χ2v) is 9.45. The van der Waals surface area contributed by atoms with Crippen LogP contribution in [0.3, 0.4) is 0 Å². The molecular weight excluding hydrogens is 402 g/mol. The van der Waals surface area contributed by atoms with Crippen LogP contribution in [0.25, 0.3) is 0 Å². The van der Waals surface area contributed by atoms with Crippen LogP contribution in [0.4, 0.5) is 0 Å². The Morgan fingerprint density at radius 3 is 2.67 bits per heavy atom. The Hall–Kier alpha value is -2.00. The quantitative estimate of drug-likeness (QED) is 0.556. The minimum Gasteiger partial charge on any atom is -0.495 e. The van der Waals surface area contributed by atoms with Crippen molar-refractivity contribution in [2.45, 2.75) is 24.8 Å². The van der Waals surface area contributed by atoms with Crippen LogP contribution in [0.1, 0.15) is 32.6 Å². The number of aryl methyl sites for hydroxylation is 1. The molecule has 1 aromatic carbocycles. The Morgan fingerprint density at radius 2 is 2.00 bits per heavy atom. The van der Waals surface area contributed by atoms with Gasteiger partial charge in [0.1, 0.15) is 10.6 Å². The third kappa shape index (κ3) is 4.47. The van der Waals surface area contributed by atoms with Gasteiger partial charge in [-0.25, -0.2) is 13.1 Å². The van der Waals surface area contributed by atoms with Gasteiger partial charge in [-0.3, -0.25) is 4.79 Å². The van der Waals surface area contributed by atoms with E-state index in [4.69, 9.17) is 4.74 Å². The van der Waals surface area contributed by atoms with Gasteiger partial charge in [0.15, 0.2) is 0 Å². The highest BCUT2D eigenvalue weighted by molar-refractivity contribution is 7.89. The average Bonchev–Trinajstić information content (AvgIpc) is 3.37. The number of hydrogen-bond donors (Lipinski definition) is 1. The van der Waals surface area contributed by atoms with E-state index in [0.717, 1.165) is 16.9 Å². The molecule has 0 atom stereocenters. The van der Waals surface area contributed by atoms with E-state index in [2.05, 4.69) is 4.72 Å². The molecule has 142 valence electrons. The number of nitrogens with one attached hydrogen (secondary N) is 1. The molecule has 0 saturated carbocycles. The highest BCUT2D eigenvalue weighted by atomic mass is 32.2. The van der Waals surface area contributed by atoms with E-state index in [1.165, 1.54) is 29.8 Å². The zero-order valence-corrected chi connectivity index (χ0v) is 17.3. The second kappa shape index (κ2) is 8.35. The Morgan fingerprint density at radius 1 is 1.19 bits per heavy atom. The smallest absolute Gasteiger partial charge is 0.244 e. The van der Waals surface area contributed by atoms with Gasteiger partial charge >= 0.3 is 0 Å². The molecular formula is C19H19NO4S3. The summed E-state index contributed by atoms with van der Waals surface area (Å²) in [6.45, 7) is 2.08. The van der Waals surface area contributed by atoms with Crippen molar-refractivity contribution < 1.29 is 17.9 Å². The van der Waals surface area contributed by atoms with Crippen LogP contribution >= 0.6 is 22.7 Å². The first-order chi connectivity index (χ1) is 12.9. The minimum absolute atomic E-state index is 0.0485. The molecule has 3 rings (SSSR count). The van der Waals surface area contributed by atoms with Crippen LogP contribution in [0.5, 0.6) is 5.75 Å². The van der Waals surface area contributed by atoms with E-state index in [9.17, 15) is 13.2 Å². The van der Waals surface area contributed by atoms with E-state index < -0.39 is 10.0 Å². The Bertz CT molecular complexity index is 1040. The average molecular weight is 422 g/mol. The van der Waals surface area contributed by atoms with Crippen molar-refractivity contribution in [3.63, 3.8) is 0 Å². The Balaban J connectivity index is 1.76. The fourth-order valence-corrected chi connectivity index (χ4v) is 5.39. The SMILES string of the molecule is CCc1ccc(OC)c(S(=O)(=O)NCc2ccc(C(=O)c3ccsc3)s2)c1. The van der Waals surface area contributed by atoms with Gasteiger partial charge in [0, 0.05) is 22.4 Å². The molecule has 0 unspecified atom stereocenters. The number of hydrogen-bond acceptors (Lipinski definition) is 6. The number of ketones is 1. The number of methoxy groups -OCH3 is 1. The van der Waals surface area contributed by atoms with Gasteiger partial charge in [-0.1, -0.05) is 13.0 Å². The largest absolute Gasteiger partial charge is 0.495 e. The Labute approximate surface area is 166 Å². The van der Waals surface area contributed by atoms with Gasteiger partial charge in [-0.2, -0.15) is 11.3 Å². The van der Waals surface area contributed by atoms with Crippen LogP contribution < -0.4 is 9.46 Å². The molecule has 0 aliphatic rings. The number of thiophene rings is 2. The van der Waals surface area contributed by atoms with Crippen LogP contribution in [0, 0.1) is 0 Å². The molecule has 0 fully saturated rings. The molecule has 5 nitrogen and oxygen atoms in total. The number of rotatable bonds is 8. The number of carbonyl (C=O) groups excluding carboxylic acids is 1. The molecule has 0 spiro atoms. The van der Waals surface area contributed by atoms with E-state index in [-0.39, 0.29) is 17.2 Å². The number of carbonyl (C=O) groups is 1. The lowest BCUT2D eigenvalue weighted by Crippen LogP contribution is -2.23. The summed E-state index contributed by atoms with van der Waals surface area (Å²) >= 11 is 2.76. The third-order valence-electron chi connectivity index (χ3n) is 4.03. The summed E-state index contributed by atoms with van der Waals surface area (Å²) in [4.78, 5) is 13.8. The fourth-order valence-electron chi connectivity index (χ4n) is 2.53. The topological polar surface area (TPSA) is 72.5 Å². The third-order valence-corrected chi connectivity index (χ3v) is 7.22. The molecule has 8 heteroatoms. The first kappa shape index (κ1) is 19.8. The number of sulfonamides is 1. The van der Waals surface area contributed by atoms with Gasteiger partial charge < -0.3 is 4.74 Å². The summed E-state index contributed by atoms with van der Waals surface area (Å²) in [5, 5.41) is 3.66. The highest BCUT2D eigenvalue weighted by Gasteiger charge is 2.20. The molecule has 2 aromatic heterocycles. The van der Waals surface area contributed by atoms with Crippen molar-refractivity contribution >= 4 is 38.5 Å². The number of benzene rings is 1. The summed E-state index contributed by atoms with van der Waals surface area (Å²) in [5.41, 5.74) is 1.56. The summed E-state index contributed by atoms with van der Waals surface area (Å²) in [6, 6.07) is 10.4. The summed E-state index contributed by atoms with van der Waals surface area (Å²) < 4.78 is 33.3. The lowest BCUT2D eigenvalue weighted by Gasteiger charge is -2.11. The molecule has 0 radical (unpaired) electrons. The van der Waals surface area contributed by atoms with Gasteiger partial charge in [-0.15, -0.1) is 11.3 Å². The standard InChI is InChI=1S/C19H19NO4S3/c1-3-13-4-6-16(24-2)18(10-13)27(22,23)20-11-15-5-7-17(26-15)19(21)14-8-9-25-12-14/h4-10,12,20H,3,11H2,1-2H3. The molecule has 0 saturated heterocycles. The van der Waals surface area contributed by atoms with Gasteiger partial charge in [-0.05, 0) is 47.7 Å². The van der Waals surface area contributed by atoms with E-state index in [1.54, 1.807) is 35.7 Å². The van der Waals surface area contributed by atoms with E-state index in [0.29, 0.717) is 16.2 Å². The second-order valence-electron chi connectivity index (χ2n) is 5.77. The Kier molecular flexibility index (Phi) is 6.11. The summed E-state index contributed by atoms with van der Waals surface area (Å²) in [5.74, 6) is 0.256. The van der Waals surface area contributed by atoms with Crippen LogP contribution in [-0.2, 0) is 23.0 Å². The fraction of sp³-hybridized carbons (Fsp3) is 0.211. The van der Waals surface area contributed by atoms with Crippen molar-refractivity contribution in [2.24, 2.45) is 0 Å². The van der Waals surface area contributed by atoms with Crippen LogP contribution in [0.15, 0.2) is 52.1 Å². The maximum Gasteiger partial charge on any atom is 0.244 e. The molecule has 0 amide bonds. The number of ether oxygens (including phenoxy) is 1.